The standard InChI is InChI=1S/C18H18F2N2O2/c19-14-7-4-8-15(20)16(14)22-10-9-13(11-22)21-18(24)17(23)12-5-2-1-3-6-12/h1-8,13,17,23H,9-11H2,(H,21,24). The lowest BCUT2D eigenvalue weighted by molar-refractivity contribution is -0.130. The lowest BCUT2D eigenvalue weighted by Gasteiger charge is -2.21. The number of hydrogen-bond acceptors (Lipinski definition) is 3. The Kier molecular flexibility index (Phi) is 4.76. The van der Waals surface area contributed by atoms with Gasteiger partial charge in [-0.2, -0.15) is 0 Å². The first-order valence-electron chi connectivity index (χ1n) is 7.78. The van der Waals surface area contributed by atoms with E-state index < -0.39 is 23.6 Å². The van der Waals surface area contributed by atoms with Crippen molar-refractivity contribution in [2.24, 2.45) is 0 Å². The molecular formula is C18H18F2N2O2. The third-order valence-electron chi connectivity index (χ3n) is 4.15. The van der Waals surface area contributed by atoms with Crippen molar-refractivity contribution in [3.05, 3.63) is 65.7 Å². The van der Waals surface area contributed by atoms with Crippen LogP contribution in [0.1, 0.15) is 18.1 Å². The number of carbonyl (C=O) groups excluding carboxylic acids is 1. The molecule has 2 unspecified atom stereocenters. The highest BCUT2D eigenvalue weighted by atomic mass is 19.1. The number of hydrogen-bond donors (Lipinski definition) is 2. The summed E-state index contributed by atoms with van der Waals surface area (Å²) in [6, 6.07) is 12.1. The second-order valence-electron chi connectivity index (χ2n) is 5.82. The van der Waals surface area contributed by atoms with Crippen LogP contribution >= 0.6 is 0 Å². The molecule has 6 heteroatoms. The number of rotatable bonds is 4. The van der Waals surface area contributed by atoms with Crippen molar-refractivity contribution in [3.8, 4) is 0 Å². The summed E-state index contributed by atoms with van der Waals surface area (Å²) in [5.74, 6) is -1.75. The first kappa shape index (κ1) is 16.4. The van der Waals surface area contributed by atoms with Crippen molar-refractivity contribution in [1.82, 2.24) is 5.32 Å². The van der Waals surface area contributed by atoms with Crippen LogP contribution in [0.4, 0.5) is 14.5 Å². The van der Waals surface area contributed by atoms with E-state index in [9.17, 15) is 18.7 Å². The lowest BCUT2D eigenvalue weighted by atomic mass is 10.1. The van der Waals surface area contributed by atoms with Gasteiger partial charge in [0.25, 0.3) is 5.91 Å². The Hall–Kier alpha value is -2.47. The Morgan fingerprint density at radius 1 is 1.12 bits per heavy atom. The predicted octanol–water partition coefficient (Wildman–Crippen LogP) is 2.39. The van der Waals surface area contributed by atoms with E-state index in [1.54, 1.807) is 35.2 Å². The molecule has 3 rings (SSSR count). The largest absolute Gasteiger partial charge is 0.378 e. The van der Waals surface area contributed by atoms with Gasteiger partial charge in [-0.05, 0) is 24.1 Å². The minimum atomic E-state index is -1.26. The minimum Gasteiger partial charge on any atom is -0.378 e. The van der Waals surface area contributed by atoms with Crippen molar-refractivity contribution in [2.45, 2.75) is 18.6 Å². The molecule has 1 fully saturated rings. The van der Waals surface area contributed by atoms with E-state index in [-0.39, 0.29) is 11.7 Å². The van der Waals surface area contributed by atoms with E-state index in [0.29, 0.717) is 25.1 Å². The Morgan fingerprint density at radius 2 is 1.79 bits per heavy atom. The number of carbonyl (C=O) groups is 1. The maximum absolute atomic E-state index is 13.8. The molecule has 24 heavy (non-hydrogen) atoms. The number of halogens is 2. The lowest BCUT2D eigenvalue weighted by Crippen LogP contribution is -2.40. The number of para-hydroxylation sites is 1. The zero-order valence-electron chi connectivity index (χ0n) is 13.0. The summed E-state index contributed by atoms with van der Waals surface area (Å²) >= 11 is 0. The molecule has 2 N–H and O–H groups in total. The van der Waals surface area contributed by atoms with Gasteiger partial charge in [-0.15, -0.1) is 0 Å². The number of nitrogens with one attached hydrogen (secondary N) is 1. The molecule has 4 nitrogen and oxygen atoms in total. The van der Waals surface area contributed by atoms with E-state index >= 15 is 0 Å². The Bertz CT molecular complexity index is 704. The smallest absolute Gasteiger partial charge is 0.253 e. The maximum Gasteiger partial charge on any atom is 0.253 e. The van der Waals surface area contributed by atoms with E-state index in [4.69, 9.17) is 0 Å². The molecule has 0 spiro atoms. The SMILES string of the molecule is O=C(NC1CCN(c2c(F)cccc2F)C1)C(O)c1ccccc1. The molecule has 1 heterocycles. The molecule has 0 radical (unpaired) electrons. The number of benzene rings is 2. The molecule has 126 valence electrons. The van der Waals surface area contributed by atoms with Gasteiger partial charge in [0.15, 0.2) is 6.10 Å². The Labute approximate surface area is 138 Å². The highest BCUT2D eigenvalue weighted by Gasteiger charge is 2.29. The van der Waals surface area contributed by atoms with E-state index in [1.165, 1.54) is 18.2 Å². The molecule has 0 aromatic heterocycles. The normalized spacial score (nSPS) is 18.5. The average molecular weight is 332 g/mol. The summed E-state index contributed by atoms with van der Waals surface area (Å²) in [5.41, 5.74) is 0.433. The van der Waals surface area contributed by atoms with Gasteiger partial charge in [0.1, 0.15) is 17.3 Å². The highest BCUT2D eigenvalue weighted by molar-refractivity contribution is 5.82. The molecule has 2 aromatic carbocycles. The number of aliphatic hydroxyl groups excluding tert-OH is 1. The topological polar surface area (TPSA) is 52.6 Å². The highest BCUT2D eigenvalue weighted by Crippen LogP contribution is 2.27. The summed E-state index contributed by atoms with van der Waals surface area (Å²) in [7, 11) is 0. The molecule has 0 bridgehead atoms. The molecule has 1 saturated heterocycles. The van der Waals surface area contributed by atoms with Crippen LogP contribution in [0.2, 0.25) is 0 Å². The van der Waals surface area contributed by atoms with Crippen molar-refractivity contribution >= 4 is 11.6 Å². The van der Waals surface area contributed by atoms with Gasteiger partial charge in [-0.25, -0.2) is 8.78 Å². The van der Waals surface area contributed by atoms with Crippen LogP contribution in [0, 0.1) is 11.6 Å². The van der Waals surface area contributed by atoms with Gasteiger partial charge in [0, 0.05) is 19.1 Å². The van der Waals surface area contributed by atoms with Gasteiger partial charge in [-0.1, -0.05) is 36.4 Å². The molecule has 1 aliphatic rings. The zero-order chi connectivity index (χ0) is 17.1. The molecule has 2 atom stereocenters. The van der Waals surface area contributed by atoms with Crippen LogP contribution in [0.25, 0.3) is 0 Å². The van der Waals surface area contributed by atoms with Crippen molar-refractivity contribution < 1.29 is 18.7 Å². The van der Waals surface area contributed by atoms with Gasteiger partial charge < -0.3 is 15.3 Å². The van der Waals surface area contributed by atoms with Crippen LogP contribution in [0.15, 0.2) is 48.5 Å². The maximum atomic E-state index is 13.8. The molecule has 1 aliphatic heterocycles. The van der Waals surface area contributed by atoms with Crippen LogP contribution in [-0.4, -0.2) is 30.1 Å². The van der Waals surface area contributed by atoms with Crippen molar-refractivity contribution in [2.75, 3.05) is 18.0 Å². The zero-order valence-corrected chi connectivity index (χ0v) is 13.0. The van der Waals surface area contributed by atoms with Crippen LogP contribution in [0.5, 0.6) is 0 Å². The fourth-order valence-corrected chi connectivity index (χ4v) is 2.94. The summed E-state index contributed by atoms with van der Waals surface area (Å²) in [4.78, 5) is 13.7. The van der Waals surface area contributed by atoms with Crippen molar-refractivity contribution in [3.63, 3.8) is 0 Å². The predicted molar refractivity (Wildman–Crippen MR) is 86.5 cm³/mol. The minimum absolute atomic E-state index is 0.0714. The monoisotopic (exact) mass is 332 g/mol. The summed E-state index contributed by atoms with van der Waals surface area (Å²) < 4.78 is 27.7. The first-order chi connectivity index (χ1) is 11.6. The van der Waals surface area contributed by atoms with E-state index in [1.807, 2.05) is 0 Å². The summed E-state index contributed by atoms with van der Waals surface area (Å²) in [5, 5.41) is 12.8. The van der Waals surface area contributed by atoms with Crippen LogP contribution < -0.4 is 10.2 Å². The van der Waals surface area contributed by atoms with Crippen LogP contribution in [0.3, 0.4) is 0 Å². The summed E-state index contributed by atoms with van der Waals surface area (Å²) in [6.07, 6.45) is -0.702. The molecule has 2 aromatic rings. The second-order valence-corrected chi connectivity index (χ2v) is 5.82. The van der Waals surface area contributed by atoms with Crippen molar-refractivity contribution in [1.29, 1.82) is 0 Å². The quantitative estimate of drug-likeness (QED) is 0.904. The van der Waals surface area contributed by atoms with E-state index in [2.05, 4.69) is 5.32 Å². The number of nitrogens with zero attached hydrogens (tertiary/aromatic N) is 1. The molecule has 0 aliphatic carbocycles. The number of anilines is 1. The Morgan fingerprint density at radius 3 is 2.46 bits per heavy atom. The molecular weight excluding hydrogens is 314 g/mol. The third-order valence-corrected chi connectivity index (χ3v) is 4.15. The van der Waals surface area contributed by atoms with Crippen LogP contribution in [-0.2, 0) is 4.79 Å². The van der Waals surface area contributed by atoms with Gasteiger partial charge in [0.05, 0.1) is 0 Å². The summed E-state index contributed by atoms with van der Waals surface area (Å²) in [6.45, 7) is 0.731. The number of aliphatic hydroxyl groups is 1. The molecule has 1 amide bonds. The van der Waals surface area contributed by atoms with E-state index in [0.717, 1.165) is 0 Å². The van der Waals surface area contributed by atoms with Gasteiger partial charge in [0.2, 0.25) is 0 Å². The first-order valence-corrected chi connectivity index (χ1v) is 7.78. The second kappa shape index (κ2) is 6.97. The van der Waals surface area contributed by atoms with Gasteiger partial charge in [-0.3, -0.25) is 4.79 Å². The third kappa shape index (κ3) is 3.38. The average Bonchev–Trinajstić information content (AvgIpc) is 3.03. The fraction of sp³-hybridized carbons (Fsp3) is 0.278. The number of amides is 1. The molecule has 0 saturated carbocycles. The fourth-order valence-electron chi connectivity index (χ4n) is 2.94. The van der Waals surface area contributed by atoms with Gasteiger partial charge >= 0.3 is 0 Å². The Balaban J connectivity index is 1.63.